The summed E-state index contributed by atoms with van der Waals surface area (Å²) in [6, 6.07) is 20.7. The normalized spacial score (nSPS) is 11.4. The molecule has 1 unspecified atom stereocenters. The third kappa shape index (κ3) is 7.15. The van der Waals surface area contributed by atoms with Crippen LogP contribution in [-0.2, 0) is 6.42 Å². The van der Waals surface area contributed by atoms with Gasteiger partial charge in [-0.3, -0.25) is 0 Å². The van der Waals surface area contributed by atoms with Crippen molar-refractivity contribution in [1.29, 1.82) is 0 Å². The van der Waals surface area contributed by atoms with E-state index in [4.69, 9.17) is 4.74 Å². The van der Waals surface area contributed by atoms with Crippen molar-refractivity contribution in [3.8, 4) is 23.3 Å². The highest BCUT2D eigenvalue weighted by atomic mass is 16.5. The summed E-state index contributed by atoms with van der Waals surface area (Å²) in [5, 5.41) is 19.0. The fourth-order valence-corrected chi connectivity index (χ4v) is 3.67. The largest absolute Gasteiger partial charge is 0.507 e. The Balaban J connectivity index is 1.73. The maximum absolute atomic E-state index is 11.3. The Morgan fingerprint density at radius 1 is 0.882 bits per heavy atom. The summed E-state index contributed by atoms with van der Waals surface area (Å²) in [5.74, 6) is 5.41. The van der Waals surface area contributed by atoms with Gasteiger partial charge in [-0.15, -0.1) is 0 Å². The van der Waals surface area contributed by atoms with Crippen LogP contribution in [0.3, 0.4) is 0 Å². The number of phenols is 1. The van der Waals surface area contributed by atoms with E-state index in [0.29, 0.717) is 5.75 Å². The standard InChI is InChI=1S/C30H32O4/c1-3-5-7-22-9-11-23(12-10-22)13-14-24-15-17-25(18-16-24)29(8-6-4-2)34-26-19-20-28(31)27(21-26)30(32)33/h9-12,15-21,29,31H,3-8H2,1-2H3,(H,32,33). The van der Waals surface area contributed by atoms with Crippen LogP contribution < -0.4 is 4.74 Å². The van der Waals surface area contributed by atoms with Crippen molar-refractivity contribution >= 4 is 5.97 Å². The van der Waals surface area contributed by atoms with E-state index in [1.807, 2.05) is 24.3 Å². The second kappa shape index (κ2) is 12.5. The molecule has 176 valence electrons. The van der Waals surface area contributed by atoms with Crippen molar-refractivity contribution in [2.45, 2.75) is 58.5 Å². The van der Waals surface area contributed by atoms with Crippen LogP contribution in [0, 0.1) is 11.8 Å². The lowest BCUT2D eigenvalue weighted by atomic mass is 10.0. The van der Waals surface area contributed by atoms with E-state index in [1.165, 1.54) is 30.5 Å². The lowest BCUT2D eigenvalue weighted by Gasteiger charge is -2.20. The molecular formula is C30H32O4. The first-order valence-electron chi connectivity index (χ1n) is 11.9. The van der Waals surface area contributed by atoms with Crippen molar-refractivity contribution in [2.75, 3.05) is 0 Å². The highest BCUT2D eigenvalue weighted by molar-refractivity contribution is 5.91. The quantitative estimate of drug-likeness (QED) is 0.318. The monoisotopic (exact) mass is 456 g/mol. The minimum Gasteiger partial charge on any atom is -0.507 e. The molecule has 0 fully saturated rings. The Morgan fingerprint density at radius 2 is 1.50 bits per heavy atom. The molecule has 0 aliphatic heterocycles. The van der Waals surface area contributed by atoms with Gasteiger partial charge in [-0.1, -0.05) is 62.8 Å². The SMILES string of the molecule is CCCCc1ccc(C#Cc2ccc(C(CCCC)Oc3ccc(O)c(C(=O)O)c3)cc2)cc1. The maximum Gasteiger partial charge on any atom is 0.339 e. The number of aromatic hydroxyl groups is 1. The van der Waals surface area contributed by atoms with Crippen molar-refractivity contribution in [2.24, 2.45) is 0 Å². The number of ether oxygens (including phenoxy) is 1. The molecular weight excluding hydrogens is 424 g/mol. The van der Waals surface area contributed by atoms with Crippen LogP contribution in [0.5, 0.6) is 11.5 Å². The molecule has 0 aliphatic carbocycles. The maximum atomic E-state index is 11.3. The van der Waals surface area contributed by atoms with E-state index >= 15 is 0 Å². The second-order valence-electron chi connectivity index (χ2n) is 8.41. The van der Waals surface area contributed by atoms with Gasteiger partial charge < -0.3 is 14.9 Å². The summed E-state index contributed by atoms with van der Waals surface area (Å²) in [4.78, 5) is 11.3. The zero-order valence-corrected chi connectivity index (χ0v) is 19.9. The Kier molecular flexibility index (Phi) is 9.17. The zero-order valence-electron chi connectivity index (χ0n) is 19.9. The van der Waals surface area contributed by atoms with Gasteiger partial charge in [0, 0.05) is 11.1 Å². The number of carboxylic acids is 1. The molecule has 0 aliphatic rings. The number of aryl methyl sites for hydroxylation is 1. The molecule has 1 atom stereocenters. The lowest BCUT2D eigenvalue weighted by Crippen LogP contribution is -2.08. The molecule has 2 N–H and O–H groups in total. The zero-order chi connectivity index (χ0) is 24.3. The summed E-state index contributed by atoms with van der Waals surface area (Å²) in [6.07, 6.45) is 6.09. The predicted octanol–water partition coefficient (Wildman–Crippen LogP) is 7.14. The lowest BCUT2D eigenvalue weighted by molar-refractivity contribution is 0.0692. The van der Waals surface area contributed by atoms with Crippen LogP contribution in [0.4, 0.5) is 0 Å². The smallest absolute Gasteiger partial charge is 0.339 e. The average molecular weight is 457 g/mol. The number of rotatable bonds is 10. The van der Waals surface area contributed by atoms with Crippen molar-refractivity contribution < 1.29 is 19.7 Å². The Labute approximate surface area is 202 Å². The highest BCUT2D eigenvalue weighted by Gasteiger charge is 2.16. The van der Waals surface area contributed by atoms with Gasteiger partial charge in [-0.05, 0) is 79.3 Å². The number of unbranched alkanes of at least 4 members (excludes halogenated alkanes) is 2. The second-order valence-corrected chi connectivity index (χ2v) is 8.41. The predicted molar refractivity (Wildman–Crippen MR) is 135 cm³/mol. The molecule has 0 aromatic heterocycles. The van der Waals surface area contributed by atoms with Gasteiger partial charge >= 0.3 is 5.97 Å². The summed E-state index contributed by atoms with van der Waals surface area (Å²) >= 11 is 0. The van der Waals surface area contributed by atoms with Crippen LogP contribution in [0.1, 0.15) is 84.7 Å². The molecule has 4 nitrogen and oxygen atoms in total. The number of benzene rings is 3. The van der Waals surface area contributed by atoms with E-state index in [-0.39, 0.29) is 17.4 Å². The first-order chi connectivity index (χ1) is 16.5. The Bertz CT molecular complexity index is 1140. The Morgan fingerprint density at radius 3 is 2.09 bits per heavy atom. The molecule has 3 aromatic carbocycles. The van der Waals surface area contributed by atoms with E-state index in [9.17, 15) is 15.0 Å². The van der Waals surface area contributed by atoms with Crippen molar-refractivity contribution in [3.63, 3.8) is 0 Å². The first kappa shape index (κ1) is 24.9. The van der Waals surface area contributed by atoms with Gasteiger partial charge in [0.2, 0.25) is 0 Å². The molecule has 3 rings (SSSR count). The number of hydrogen-bond acceptors (Lipinski definition) is 3. The molecule has 0 bridgehead atoms. The molecule has 0 heterocycles. The molecule has 0 saturated heterocycles. The number of aromatic carboxylic acids is 1. The van der Waals surface area contributed by atoms with Gasteiger partial charge in [-0.25, -0.2) is 4.79 Å². The van der Waals surface area contributed by atoms with Crippen LogP contribution in [0.2, 0.25) is 0 Å². The fraction of sp³-hybridized carbons (Fsp3) is 0.300. The molecule has 0 spiro atoms. The molecule has 0 amide bonds. The van der Waals surface area contributed by atoms with Crippen molar-refractivity contribution in [3.05, 3.63) is 94.5 Å². The van der Waals surface area contributed by atoms with E-state index in [2.05, 4.69) is 50.0 Å². The van der Waals surface area contributed by atoms with E-state index < -0.39 is 5.97 Å². The molecule has 34 heavy (non-hydrogen) atoms. The molecule has 0 saturated carbocycles. The third-order valence-electron chi connectivity index (χ3n) is 5.70. The van der Waals surface area contributed by atoms with Gasteiger partial charge in [0.15, 0.2) is 0 Å². The minimum absolute atomic E-state index is 0.171. The van der Waals surface area contributed by atoms with Crippen LogP contribution in [0.15, 0.2) is 66.7 Å². The van der Waals surface area contributed by atoms with E-state index in [0.717, 1.165) is 42.4 Å². The van der Waals surface area contributed by atoms with Crippen LogP contribution in [-0.4, -0.2) is 16.2 Å². The third-order valence-corrected chi connectivity index (χ3v) is 5.70. The summed E-state index contributed by atoms with van der Waals surface area (Å²) in [6.45, 7) is 4.32. The number of hydrogen-bond donors (Lipinski definition) is 2. The summed E-state index contributed by atoms with van der Waals surface area (Å²) in [5.41, 5.74) is 4.10. The fourth-order valence-electron chi connectivity index (χ4n) is 3.67. The van der Waals surface area contributed by atoms with Gasteiger partial charge in [0.05, 0.1) is 0 Å². The van der Waals surface area contributed by atoms with E-state index in [1.54, 1.807) is 6.07 Å². The number of carboxylic acid groups (broad SMARTS) is 1. The minimum atomic E-state index is -1.19. The molecule has 4 heteroatoms. The van der Waals surface area contributed by atoms with Gasteiger partial charge in [-0.2, -0.15) is 0 Å². The summed E-state index contributed by atoms with van der Waals surface area (Å²) < 4.78 is 6.15. The first-order valence-corrected chi connectivity index (χ1v) is 11.9. The number of carbonyl (C=O) groups is 1. The van der Waals surface area contributed by atoms with Gasteiger partial charge in [0.25, 0.3) is 0 Å². The Hall–Kier alpha value is -3.71. The van der Waals surface area contributed by atoms with Crippen LogP contribution >= 0.6 is 0 Å². The highest BCUT2D eigenvalue weighted by Crippen LogP contribution is 2.30. The molecule has 0 radical (unpaired) electrons. The average Bonchev–Trinajstić information content (AvgIpc) is 2.86. The van der Waals surface area contributed by atoms with Gasteiger partial charge in [0.1, 0.15) is 23.2 Å². The van der Waals surface area contributed by atoms with Crippen LogP contribution in [0.25, 0.3) is 0 Å². The summed E-state index contributed by atoms with van der Waals surface area (Å²) in [7, 11) is 0. The topological polar surface area (TPSA) is 66.8 Å². The van der Waals surface area contributed by atoms with Crippen molar-refractivity contribution in [1.82, 2.24) is 0 Å². The molecule has 3 aromatic rings.